The Kier molecular flexibility index (Phi) is 4.91. The SMILES string of the molecule is NC(=S)c1cccc(COCc2ccc(Cl)cc2)c1. The van der Waals surface area contributed by atoms with Gasteiger partial charge in [-0.3, -0.25) is 0 Å². The molecule has 19 heavy (non-hydrogen) atoms. The van der Waals surface area contributed by atoms with E-state index in [2.05, 4.69) is 0 Å². The summed E-state index contributed by atoms with van der Waals surface area (Å²) in [6.07, 6.45) is 0. The second-order valence-electron chi connectivity index (χ2n) is 4.18. The van der Waals surface area contributed by atoms with Gasteiger partial charge in [-0.1, -0.05) is 54.2 Å². The predicted molar refractivity (Wildman–Crippen MR) is 82.3 cm³/mol. The molecule has 0 saturated heterocycles. The summed E-state index contributed by atoms with van der Waals surface area (Å²) in [6.45, 7) is 1.08. The summed E-state index contributed by atoms with van der Waals surface area (Å²) in [5.74, 6) is 0. The van der Waals surface area contributed by atoms with Gasteiger partial charge in [0.1, 0.15) is 4.99 Å². The van der Waals surface area contributed by atoms with Crippen molar-refractivity contribution in [3.8, 4) is 0 Å². The van der Waals surface area contributed by atoms with Gasteiger partial charge in [0.05, 0.1) is 13.2 Å². The van der Waals surface area contributed by atoms with E-state index in [4.69, 9.17) is 34.3 Å². The lowest BCUT2D eigenvalue weighted by Gasteiger charge is -2.06. The maximum absolute atomic E-state index is 5.82. The summed E-state index contributed by atoms with van der Waals surface area (Å²) in [5, 5.41) is 0.730. The van der Waals surface area contributed by atoms with Crippen molar-refractivity contribution >= 4 is 28.8 Å². The number of hydrogen-bond acceptors (Lipinski definition) is 2. The Hall–Kier alpha value is -1.42. The highest BCUT2D eigenvalue weighted by atomic mass is 35.5. The fraction of sp³-hybridized carbons (Fsp3) is 0.133. The van der Waals surface area contributed by atoms with Crippen molar-refractivity contribution in [2.75, 3.05) is 0 Å². The summed E-state index contributed by atoms with van der Waals surface area (Å²) >= 11 is 10.8. The van der Waals surface area contributed by atoms with E-state index in [9.17, 15) is 0 Å². The van der Waals surface area contributed by atoms with Crippen LogP contribution in [-0.2, 0) is 18.0 Å². The van der Waals surface area contributed by atoms with Crippen LogP contribution < -0.4 is 5.73 Å². The van der Waals surface area contributed by atoms with Crippen molar-refractivity contribution in [2.24, 2.45) is 5.73 Å². The Bertz CT molecular complexity index is 569. The fourth-order valence-corrected chi connectivity index (χ4v) is 1.93. The molecule has 0 saturated carbocycles. The van der Waals surface area contributed by atoms with Crippen molar-refractivity contribution in [2.45, 2.75) is 13.2 Å². The Morgan fingerprint density at radius 1 is 1.05 bits per heavy atom. The molecule has 2 rings (SSSR count). The highest BCUT2D eigenvalue weighted by Crippen LogP contribution is 2.12. The highest BCUT2D eigenvalue weighted by Gasteiger charge is 1.99. The maximum Gasteiger partial charge on any atom is 0.103 e. The first kappa shape index (κ1) is 14.0. The van der Waals surface area contributed by atoms with Crippen molar-refractivity contribution < 1.29 is 4.74 Å². The third-order valence-electron chi connectivity index (χ3n) is 2.66. The van der Waals surface area contributed by atoms with Crippen LogP contribution in [0.15, 0.2) is 48.5 Å². The second kappa shape index (κ2) is 6.66. The molecule has 4 heteroatoms. The molecule has 2 nitrogen and oxygen atoms in total. The summed E-state index contributed by atoms with van der Waals surface area (Å²) in [7, 11) is 0. The molecule has 0 unspecified atom stereocenters. The quantitative estimate of drug-likeness (QED) is 0.853. The van der Waals surface area contributed by atoms with E-state index in [-0.39, 0.29) is 0 Å². The van der Waals surface area contributed by atoms with Crippen LogP contribution in [0.3, 0.4) is 0 Å². The van der Waals surface area contributed by atoms with Crippen molar-refractivity contribution in [1.82, 2.24) is 0 Å². The Morgan fingerprint density at radius 2 is 1.74 bits per heavy atom. The lowest BCUT2D eigenvalue weighted by Crippen LogP contribution is -2.09. The second-order valence-corrected chi connectivity index (χ2v) is 5.06. The van der Waals surface area contributed by atoms with E-state index in [1.54, 1.807) is 0 Å². The van der Waals surface area contributed by atoms with E-state index in [1.165, 1.54) is 0 Å². The number of ether oxygens (including phenoxy) is 1. The normalized spacial score (nSPS) is 10.4. The highest BCUT2D eigenvalue weighted by molar-refractivity contribution is 7.80. The fourth-order valence-electron chi connectivity index (χ4n) is 1.68. The molecule has 2 aromatic carbocycles. The summed E-state index contributed by atoms with van der Waals surface area (Å²) in [6, 6.07) is 15.4. The van der Waals surface area contributed by atoms with Crippen LogP contribution in [0.25, 0.3) is 0 Å². The van der Waals surface area contributed by atoms with Gasteiger partial charge in [0, 0.05) is 10.6 Å². The van der Waals surface area contributed by atoms with Gasteiger partial charge in [-0.05, 0) is 29.3 Å². The predicted octanol–water partition coefficient (Wildman–Crippen LogP) is 3.69. The van der Waals surface area contributed by atoms with E-state index < -0.39 is 0 Å². The molecule has 0 spiro atoms. The molecule has 98 valence electrons. The van der Waals surface area contributed by atoms with Gasteiger partial charge in [-0.25, -0.2) is 0 Å². The zero-order chi connectivity index (χ0) is 13.7. The van der Waals surface area contributed by atoms with Crippen LogP contribution in [0.1, 0.15) is 16.7 Å². The van der Waals surface area contributed by atoms with Gasteiger partial charge in [-0.2, -0.15) is 0 Å². The lowest BCUT2D eigenvalue weighted by atomic mass is 10.1. The first-order valence-corrected chi connectivity index (χ1v) is 6.65. The molecule has 0 aliphatic carbocycles. The Balaban J connectivity index is 1.90. The smallest absolute Gasteiger partial charge is 0.103 e. The average molecular weight is 292 g/mol. The van der Waals surface area contributed by atoms with E-state index in [0.29, 0.717) is 18.2 Å². The first-order chi connectivity index (χ1) is 9.15. The lowest BCUT2D eigenvalue weighted by molar-refractivity contribution is 0.107. The van der Waals surface area contributed by atoms with Gasteiger partial charge < -0.3 is 10.5 Å². The average Bonchev–Trinajstić information content (AvgIpc) is 2.41. The molecular formula is C15H14ClNOS. The van der Waals surface area contributed by atoms with Crippen LogP contribution >= 0.6 is 23.8 Å². The summed E-state index contributed by atoms with van der Waals surface area (Å²) in [5.41, 5.74) is 8.61. The molecule has 0 heterocycles. The molecule has 0 atom stereocenters. The minimum absolute atomic E-state index is 0.402. The first-order valence-electron chi connectivity index (χ1n) is 5.86. The van der Waals surface area contributed by atoms with Crippen LogP contribution in [0, 0.1) is 0 Å². The monoisotopic (exact) mass is 291 g/mol. The van der Waals surface area contributed by atoms with Crippen molar-refractivity contribution in [1.29, 1.82) is 0 Å². The van der Waals surface area contributed by atoms with Crippen LogP contribution in [-0.4, -0.2) is 4.99 Å². The zero-order valence-electron chi connectivity index (χ0n) is 10.3. The Morgan fingerprint density at radius 3 is 2.42 bits per heavy atom. The number of hydrogen-bond donors (Lipinski definition) is 1. The molecule has 0 aromatic heterocycles. The van der Waals surface area contributed by atoms with Gasteiger partial charge >= 0.3 is 0 Å². The van der Waals surface area contributed by atoms with Gasteiger partial charge in [0.15, 0.2) is 0 Å². The van der Waals surface area contributed by atoms with Crippen LogP contribution in [0.2, 0.25) is 5.02 Å². The molecule has 0 bridgehead atoms. The molecular weight excluding hydrogens is 278 g/mol. The summed E-state index contributed by atoms with van der Waals surface area (Å²) < 4.78 is 5.65. The van der Waals surface area contributed by atoms with Gasteiger partial charge in [0.2, 0.25) is 0 Å². The van der Waals surface area contributed by atoms with Crippen molar-refractivity contribution in [3.05, 3.63) is 70.2 Å². The topological polar surface area (TPSA) is 35.2 Å². The summed E-state index contributed by atoms with van der Waals surface area (Å²) in [4.78, 5) is 0.402. The maximum atomic E-state index is 5.82. The number of halogens is 1. The Labute approximate surface area is 123 Å². The van der Waals surface area contributed by atoms with Crippen LogP contribution in [0.5, 0.6) is 0 Å². The van der Waals surface area contributed by atoms with E-state index >= 15 is 0 Å². The number of benzene rings is 2. The standard InChI is InChI=1S/C15H14ClNOS/c16-14-6-4-11(5-7-14)9-18-10-12-2-1-3-13(8-12)15(17)19/h1-8H,9-10H2,(H2,17,19). The molecule has 0 aliphatic heterocycles. The molecule has 0 fully saturated rings. The van der Waals surface area contributed by atoms with E-state index in [1.807, 2.05) is 48.5 Å². The molecule has 2 N–H and O–H groups in total. The number of nitrogens with two attached hydrogens (primary N) is 1. The molecule has 0 amide bonds. The largest absolute Gasteiger partial charge is 0.389 e. The van der Waals surface area contributed by atoms with Crippen molar-refractivity contribution in [3.63, 3.8) is 0 Å². The number of rotatable bonds is 5. The van der Waals surface area contributed by atoms with Gasteiger partial charge in [0.25, 0.3) is 0 Å². The minimum Gasteiger partial charge on any atom is -0.389 e. The third kappa shape index (κ3) is 4.31. The zero-order valence-corrected chi connectivity index (χ0v) is 11.9. The number of thiocarbonyl (C=S) groups is 1. The van der Waals surface area contributed by atoms with Gasteiger partial charge in [-0.15, -0.1) is 0 Å². The third-order valence-corrected chi connectivity index (χ3v) is 3.15. The minimum atomic E-state index is 0.402. The molecule has 0 radical (unpaired) electrons. The molecule has 0 aliphatic rings. The molecule has 2 aromatic rings. The van der Waals surface area contributed by atoms with Crippen LogP contribution in [0.4, 0.5) is 0 Å². The van der Waals surface area contributed by atoms with E-state index in [0.717, 1.165) is 21.7 Å².